The Labute approximate surface area is 144 Å². The number of nitrogens with zero attached hydrogens (tertiary/aromatic N) is 1. The summed E-state index contributed by atoms with van der Waals surface area (Å²) >= 11 is 0. The molecule has 1 atom stereocenters. The van der Waals surface area contributed by atoms with Gasteiger partial charge in [-0.2, -0.15) is 0 Å². The highest BCUT2D eigenvalue weighted by Gasteiger charge is 2.37. The zero-order chi connectivity index (χ0) is 18.7. The lowest BCUT2D eigenvalue weighted by molar-refractivity contribution is -0.131. The molecule has 0 N–H and O–H groups in total. The molecular weight excluding hydrogens is 325 g/mol. The highest BCUT2D eigenvalue weighted by molar-refractivity contribution is 6.04. The van der Waals surface area contributed by atoms with E-state index in [0.29, 0.717) is 0 Å². The predicted molar refractivity (Wildman–Crippen MR) is 89.3 cm³/mol. The van der Waals surface area contributed by atoms with E-state index < -0.39 is 29.2 Å². The smallest absolute Gasteiger partial charge is 0.155 e. The van der Waals surface area contributed by atoms with Crippen LogP contribution in [0.15, 0.2) is 47.0 Å². The lowest BCUT2D eigenvalue weighted by Crippen LogP contribution is -2.29. The Morgan fingerprint density at radius 3 is 2.24 bits per heavy atom. The monoisotopic (exact) mass is 343 g/mol. The number of aromatic nitrogens is 1. The van der Waals surface area contributed by atoms with Crippen LogP contribution in [0.3, 0.4) is 0 Å². The molecule has 1 heterocycles. The topological polar surface area (TPSA) is 77.2 Å². The standard InChI is InChI=1S/C19H18FNO4/c1-10(11(2)22)18(19(12(3)23)13(4)24)17-9-16(21-25-17)14-7-5-6-8-15(14)20/h5-9,18-19H,1H2,2-4H3. The van der Waals surface area contributed by atoms with Gasteiger partial charge in [-0.25, -0.2) is 4.39 Å². The number of carbonyl (C=O) groups is 3. The number of rotatable bonds is 7. The summed E-state index contributed by atoms with van der Waals surface area (Å²) in [5.41, 5.74) is 0.485. The second kappa shape index (κ2) is 7.34. The van der Waals surface area contributed by atoms with Crippen LogP contribution in [0.4, 0.5) is 4.39 Å². The van der Waals surface area contributed by atoms with Gasteiger partial charge < -0.3 is 4.52 Å². The highest BCUT2D eigenvalue weighted by atomic mass is 19.1. The SMILES string of the molecule is C=C(C(C)=O)C(c1cc(-c2ccccc2F)no1)C(C(C)=O)C(C)=O. The van der Waals surface area contributed by atoms with E-state index >= 15 is 0 Å². The highest BCUT2D eigenvalue weighted by Crippen LogP contribution is 2.35. The van der Waals surface area contributed by atoms with Crippen molar-refractivity contribution in [1.29, 1.82) is 0 Å². The van der Waals surface area contributed by atoms with Gasteiger partial charge in [-0.05, 0) is 38.5 Å². The van der Waals surface area contributed by atoms with Gasteiger partial charge in [-0.3, -0.25) is 14.4 Å². The average Bonchev–Trinajstić information content (AvgIpc) is 3.00. The van der Waals surface area contributed by atoms with Crippen molar-refractivity contribution in [2.75, 3.05) is 0 Å². The molecule has 0 aliphatic rings. The Morgan fingerprint density at radius 2 is 1.72 bits per heavy atom. The van der Waals surface area contributed by atoms with Crippen molar-refractivity contribution in [2.45, 2.75) is 26.7 Å². The van der Waals surface area contributed by atoms with Crippen LogP contribution in [0.2, 0.25) is 0 Å². The maximum atomic E-state index is 13.9. The van der Waals surface area contributed by atoms with Gasteiger partial charge in [0.25, 0.3) is 0 Å². The summed E-state index contributed by atoms with van der Waals surface area (Å²) < 4.78 is 19.2. The van der Waals surface area contributed by atoms with E-state index in [-0.39, 0.29) is 28.4 Å². The van der Waals surface area contributed by atoms with Crippen LogP contribution in [0.5, 0.6) is 0 Å². The van der Waals surface area contributed by atoms with Crippen molar-refractivity contribution in [3.8, 4) is 11.3 Å². The van der Waals surface area contributed by atoms with Gasteiger partial charge in [0.1, 0.15) is 28.8 Å². The van der Waals surface area contributed by atoms with Crippen LogP contribution in [-0.4, -0.2) is 22.5 Å². The molecule has 1 unspecified atom stereocenters. The Balaban J connectivity index is 2.54. The van der Waals surface area contributed by atoms with Crippen molar-refractivity contribution in [2.24, 2.45) is 5.92 Å². The molecule has 0 radical (unpaired) electrons. The first-order valence-electron chi connectivity index (χ1n) is 7.66. The van der Waals surface area contributed by atoms with E-state index in [9.17, 15) is 18.8 Å². The summed E-state index contributed by atoms with van der Waals surface area (Å²) in [7, 11) is 0. The van der Waals surface area contributed by atoms with Gasteiger partial charge in [0.2, 0.25) is 0 Å². The molecule has 0 amide bonds. The third-order valence-electron chi connectivity index (χ3n) is 4.02. The van der Waals surface area contributed by atoms with Crippen molar-refractivity contribution >= 4 is 17.3 Å². The third kappa shape index (κ3) is 3.79. The molecular formula is C19H18FNO4. The average molecular weight is 343 g/mol. The molecule has 0 bridgehead atoms. The van der Waals surface area contributed by atoms with Crippen LogP contribution in [-0.2, 0) is 14.4 Å². The van der Waals surface area contributed by atoms with Gasteiger partial charge in [0, 0.05) is 11.6 Å². The summed E-state index contributed by atoms with van der Waals surface area (Å²) in [6.07, 6.45) is 0. The molecule has 1 aromatic carbocycles. The second-order valence-electron chi connectivity index (χ2n) is 5.85. The minimum Gasteiger partial charge on any atom is -0.360 e. The van der Waals surface area contributed by atoms with Gasteiger partial charge in [-0.15, -0.1) is 0 Å². The first-order chi connectivity index (χ1) is 11.7. The van der Waals surface area contributed by atoms with Gasteiger partial charge >= 0.3 is 0 Å². The fourth-order valence-electron chi connectivity index (χ4n) is 2.74. The lowest BCUT2D eigenvalue weighted by Gasteiger charge is -2.21. The van der Waals surface area contributed by atoms with Crippen LogP contribution < -0.4 is 0 Å². The maximum Gasteiger partial charge on any atom is 0.155 e. The number of allylic oxidation sites excluding steroid dienone is 1. The molecule has 0 aliphatic heterocycles. The van der Waals surface area contributed by atoms with Crippen molar-refractivity contribution in [3.05, 3.63) is 54.1 Å². The number of hydrogen-bond acceptors (Lipinski definition) is 5. The van der Waals surface area contributed by atoms with Gasteiger partial charge in [0.05, 0.1) is 11.8 Å². The summed E-state index contributed by atoms with van der Waals surface area (Å²) in [5, 5.41) is 3.82. The summed E-state index contributed by atoms with van der Waals surface area (Å²) in [6, 6.07) is 7.42. The van der Waals surface area contributed by atoms with E-state index in [0.717, 1.165) is 0 Å². The van der Waals surface area contributed by atoms with E-state index in [1.54, 1.807) is 12.1 Å². The molecule has 2 rings (SSSR count). The number of Topliss-reactive ketones (excluding diaryl/α,β-unsaturated/α-hetero) is 3. The summed E-state index contributed by atoms with van der Waals surface area (Å²) in [4.78, 5) is 35.7. The Kier molecular flexibility index (Phi) is 5.41. The van der Waals surface area contributed by atoms with Crippen molar-refractivity contribution < 1.29 is 23.3 Å². The fraction of sp³-hybridized carbons (Fsp3) is 0.263. The Hall–Kier alpha value is -2.89. The minimum absolute atomic E-state index is 0.0617. The van der Waals surface area contributed by atoms with E-state index in [2.05, 4.69) is 11.7 Å². The zero-order valence-corrected chi connectivity index (χ0v) is 14.2. The number of hydrogen-bond donors (Lipinski definition) is 0. The molecule has 5 nitrogen and oxygen atoms in total. The molecule has 25 heavy (non-hydrogen) atoms. The Bertz CT molecular complexity index is 839. The molecule has 0 aliphatic carbocycles. The van der Waals surface area contributed by atoms with E-state index in [1.165, 1.54) is 39.0 Å². The summed E-state index contributed by atoms with van der Waals surface area (Å²) in [5.74, 6) is -3.65. The first kappa shape index (κ1) is 18.4. The third-order valence-corrected chi connectivity index (χ3v) is 4.02. The molecule has 6 heteroatoms. The minimum atomic E-state index is -1.11. The van der Waals surface area contributed by atoms with Gasteiger partial charge in [0.15, 0.2) is 5.78 Å². The number of halogens is 1. The molecule has 2 aromatic rings. The normalized spacial score (nSPS) is 12.0. The van der Waals surface area contributed by atoms with E-state index in [1.807, 2.05) is 0 Å². The zero-order valence-electron chi connectivity index (χ0n) is 14.2. The van der Waals surface area contributed by atoms with Crippen molar-refractivity contribution in [1.82, 2.24) is 5.16 Å². The second-order valence-corrected chi connectivity index (χ2v) is 5.85. The maximum absolute atomic E-state index is 13.9. The number of ketones is 3. The number of benzene rings is 1. The quantitative estimate of drug-likeness (QED) is 0.568. The molecule has 0 spiro atoms. The largest absolute Gasteiger partial charge is 0.360 e. The molecule has 0 saturated heterocycles. The Morgan fingerprint density at radius 1 is 1.12 bits per heavy atom. The van der Waals surface area contributed by atoms with Crippen LogP contribution >= 0.6 is 0 Å². The first-order valence-corrected chi connectivity index (χ1v) is 7.66. The van der Waals surface area contributed by atoms with Crippen LogP contribution in [0.25, 0.3) is 11.3 Å². The molecule has 130 valence electrons. The van der Waals surface area contributed by atoms with E-state index in [4.69, 9.17) is 4.52 Å². The molecule has 0 fully saturated rings. The van der Waals surface area contributed by atoms with Crippen molar-refractivity contribution in [3.63, 3.8) is 0 Å². The van der Waals surface area contributed by atoms with Crippen LogP contribution in [0, 0.1) is 11.7 Å². The van der Waals surface area contributed by atoms with Gasteiger partial charge in [-0.1, -0.05) is 23.9 Å². The molecule has 0 saturated carbocycles. The predicted octanol–water partition coefficient (Wildman–Crippen LogP) is 3.50. The lowest BCUT2D eigenvalue weighted by atomic mass is 9.78. The fourth-order valence-corrected chi connectivity index (χ4v) is 2.74. The molecule has 1 aromatic heterocycles. The van der Waals surface area contributed by atoms with Crippen LogP contribution in [0.1, 0.15) is 32.4 Å². The summed E-state index contributed by atoms with van der Waals surface area (Å²) in [6.45, 7) is 7.52. The number of carbonyl (C=O) groups excluding carboxylic acids is 3.